The summed E-state index contributed by atoms with van der Waals surface area (Å²) in [6.45, 7) is 8.49. The van der Waals surface area contributed by atoms with E-state index < -0.39 is 29.7 Å². The molecule has 0 aliphatic carbocycles. The molecule has 0 saturated carbocycles. The number of nitrogens with one attached hydrogen (secondary N) is 3. The number of halogens is 1. The lowest BCUT2D eigenvalue weighted by atomic mass is 9.72. The normalized spacial score (nSPS) is 20.2. The molecule has 4 saturated heterocycles. The number of ether oxygens (including phenoxy) is 1. The number of nitrogens with zero attached hydrogens (tertiary/aromatic N) is 7. The van der Waals surface area contributed by atoms with Gasteiger partial charge in [-0.05, 0) is 74.6 Å². The van der Waals surface area contributed by atoms with E-state index in [0.29, 0.717) is 46.1 Å². The van der Waals surface area contributed by atoms with Gasteiger partial charge in [0.15, 0.2) is 18.2 Å². The van der Waals surface area contributed by atoms with Crippen molar-refractivity contribution in [3.05, 3.63) is 75.2 Å². The number of likely N-dealkylation sites (N-methyl/N-ethyl adjacent to an activating group) is 1. The summed E-state index contributed by atoms with van der Waals surface area (Å²) in [5.41, 5.74) is 2.83. The Morgan fingerprint density at radius 2 is 1.72 bits per heavy atom. The highest BCUT2D eigenvalue weighted by Crippen LogP contribution is 2.43. The SMILES string of the molecule is CCn1c(=O)c(OCC(=O)NC)cc2cc(Nc3nc(N4CCC(CN5CC6(C5)CN(c5ccc7c(c5)C(=O)N(C5CCC(=O)NC5=O)C7=O)C6)CC4)ncc3Cl)ccc21. The molecule has 60 heavy (non-hydrogen) atoms. The third-order valence-electron chi connectivity index (χ3n) is 12.4. The highest BCUT2D eigenvalue weighted by molar-refractivity contribution is 6.33. The van der Waals surface area contributed by atoms with Gasteiger partial charge in [-0.1, -0.05) is 11.6 Å². The van der Waals surface area contributed by atoms with Crippen LogP contribution in [0.15, 0.2) is 53.5 Å². The van der Waals surface area contributed by atoms with Gasteiger partial charge in [-0.25, -0.2) is 4.98 Å². The van der Waals surface area contributed by atoms with Crippen LogP contribution in [0.5, 0.6) is 5.75 Å². The number of amides is 5. The van der Waals surface area contributed by atoms with Gasteiger partial charge >= 0.3 is 0 Å². The van der Waals surface area contributed by atoms with Crippen molar-refractivity contribution in [3.8, 4) is 5.75 Å². The Morgan fingerprint density at radius 3 is 2.45 bits per heavy atom. The molecule has 17 nitrogen and oxygen atoms in total. The van der Waals surface area contributed by atoms with E-state index in [1.807, 2.05) is 31.2 Å². The monoisotopic (exact) mass is 836 g/mol. The van der Waals surface area contributed by atoms with Gasteiger partial charge in [-0.2, -0.15) is 4.98 Å². The number of hydrogen-bond acceptors (Lipinski definition) is 13. The second-order valence-electron chi connectivity index (χ2n) is 16.4. The summed E-state index contributed by atoms with van der Waals surface area (Å²) in [6, 6.07) is 11.6. The van der Waals surface area contributed by atoms with Crippen LogP contribution in [0.3, 0.4) is 0 Å². The average Bonchev–Trinajstić information content (AvgIpc) is 3.46. The van der Waals surface area contributed by atoms with Gasteiger partial charge in [0.1, 0.15) is 11.1 Å². The van der Waals surface area contributed by atoms with Crippen LogP contribution in [-0.4, -0.2) is 119 Å². The molecular formula is C42H45ClN10O7. The average molecular weight is 837 g/mol. The van der Waals surface area contributed by atoms with E-state index in [2.05, 4.69) is 35.6 Å². The minimum atomic E-state index is -0.978. The lowest BCUT2D eigenvalue weighted by Crippen LogP contribution is -2.72. The molecule has 5 amide bonds. The van der Waals surface area contributed by atoms with Crippen molar-refractivity contribution in [3.63, 3.8) is 0 Å². The Hall–Kier alpha value is -6.07. The highest BCUT2D eigenvalue weighted by atomic mass is 35.5. The minimum Gasteiger partial charge on any atom is -0.478 e. The smallest absolute Gasteiger partial charge is 0.293 e. The summed E-state index contributed by atoms with van der Waals surface area (Å²) in [5.74, 6) is -0.611. The number of hydrogen-bond donors (Lipinski definition) is 3. The Balaban J connectivity index is 0.766. The number of benzene rings is 2. The van der Waals surface area contributed by atoms with E-state index in [-0.39, 0.29) is 42.1 Å². The van der Waals surface area contributed by atoms with Crippen LogP contribution in [0.1, 0.15) is 53.3 Å². The summed E-state index contributed by atoms with van der Waals surface area (Å²) in [6.07, 6.45) is 3.85. The second kappa shape index (κ2) is 15.5. The molecule has 7 heterocycles. The molecule has 312 valence electrons. The first-order chi connectivity index (χ1) is 28.9. The first-order valence-electron chi connectivity index (χ1n) is 20.3. The largest absolute Gasteiger partial charge is 0.478 e. The lowest BCUT2D eigenvalue weighted by Gasteiger charge is -2.61. The van der Waals surface area contributed by atoms with E-state index in [9.17, 15) is 28.8 Å². The zero-order valence-corrected chi connectivity index (χ0v) is 34.1. The fourth-order valence-corrected chi connectivity index (χ4v) is 9.46. The molecule has 4 aromatic rings. The lowest BCUT2D eigenvalue weighted by molar-refractivity contribution is -0.136. The molecule has 0 bridgehead atoms. The van der Waals surface area contributed by atoms with Gasteiger partial charge in [0.05, 0.1) is 22.8 Å². The molecule has 5 aliphatic heterocycles. The van der Waals surface area contributed by atoms with Crippen molar-refractivity contribution in [2.45, 2.75) is 45.2 Å². The van der Waals surface area contributed by atoms with Crippen molar-refractivity contribution in [2.24, 2.45) is 11.3 Å². The number of pyridine rings is 1. The Morgan fingerprint density at radius 1 is 0.950 bits per heavy atom. The van der Waals surface area contributed by atoms with Gasteiger partial charge in [-0.15, -0.1) is 0 Å². The number of carbonyl (C=O) groups excluding carboxylic acids is 5. The fourth-order valence-electron chi connectivity index (χ4n) is 9.32. The summed E-state index contributed by atoms with van der Waals surface area (Å²) >= 11 is 6.58. The summed E-state index contributed by atoms with van der Waals surface area (Å²) in [7, 11) is 1.51. The number of likely N-dealkylation sites (tertiary alicyclic amines) is 1. The maximum atomic E-state index is 13.3. The Kier molecular flexibility index (Phi) is 10.2. The van der Waals surface area contributed by atoms with Crippen molar-refractivity contribution in [2.75, 3.05) is 74.6 Å². The minimum absolute atomic E-state index is 0.0869. The third-order valence-corrected chi connectivity index (χ3v) is 12.7. The predicted molar refractivity (Wildman–Crippen MR) is 223 cm³/mol. The van der Waals surface area contributed by atoms with Gasteiger partial charge < -0.3 is 34.6 Å². The number of aromatic nitrogens is 3. The zero-order valence-electron chi connectivity index (χ0n) is 33.3. The van der Waals surface area contributed by atoms with Crippen molar-refractivity contribution in [1.82, 2.24) is 35.0 Å². The van der Waals surface area contributed by atoms with Crippen LogP contribution in [0.25, 0.3) is 10.9 Å². The van der Waals surface area contributed by atoms with E-state index in [1.54, 1.807) is 29.0 Å². The molecule has 3 N–H and O–H groups in total. The van der Waals surface area contributed by atoms with Crippen LogP contribution in [-0.2, 0) is 20.9 Å². The molecule has 1 unspecified atom stereocenters. The standard InChI is InChI=1S/C42H45ClN10O7/c1-3-52-31-7-4-26(14-25(31)15-33(40(52)59)60-19-35(55)44-2)46-36-30(43)17-45-41(48-36)50-12-10-24(11-13-50)18-49-20-42(21-49)22-51(23-42)27-5-6-28-29(16-27)39(58)53(38(28)57)32-8-9-34(54)47-37(32)56/h4-7,14-17,24,32H,3,8-13,18-23H2,1-2H3,(H,44,55)(H,45,46,48)(H,47,54,56). The molecule has 2 aromatic carbocycles. The van der Waals surface area contributed by atoms with E-state index in [0.717, 1.165) is 80.1 Å². The fraction of sp³-hybridized carbons (Fsp3) is 0.429. The number of anilines is 4. The maximum absolute atomic E-state index is 13.3. The molecule has 9 rings (SSSR count). The number of piperidine rings is 2. The zero-order chi connectivity index (χ0) is 41.9. The topological polar surface area (TPSA) is 191 Å². The molecule has 2 aromatic heterocycles. The number of imide groups is 2. The number of aryl methyl sites for hydroxylation is 1. The van der Waals surface area contributed by atoms with Crippen molar-refractivity contribution < 1.29 is 28.7 Å². The molecule has 1 spiro atoms. The third kappa shape index (κ3) is 7.18. The molecule has 0 radical (unpaired) electrons. The Bertz CT molecular complexity index is 2510. The van der Waals surface area contributed by atoms with Crippen LogP contribution in [0.4, 0.5) is 23.1 Å². The van der Waals surface area contributed by atoms with Crippen LogP contribution < -0.4 is 36.0 Å². The first kappa shape index (κ1) is 39.4. The van der Waals surface area contributed by atoms with Gasteiger partial charge in [0.2, 0.25) is 17.8 Å². The van der Waals surface area contributed by atoms with E-state index in [4.69, 9.17) is 21.3 Å². The van der Waals surface area contributed by atoms with Gasteiger partial charge in [-0.3, -0.25) is 39.0 Å². The van der Waals surface area contributed by atoms with Crippen LogP contribution in [0, 0.1) is 11.3 Å². The van der Waals surface area contributed by atoms with Crippen molar-refractivity contribution in [1.29, 1.82) is 0 Å². The van der Waals surface area contributed by atoms with Crippen molar-refractivity contribution >= 4 is 75.2 Å². The molecule has 1 atom stereocenters. The van der Waals surface area contributed by atoms with E-state index >= 15 is 0 Å². The second-order valence-corrected chi connectivity index (χ2v) is 16.8. The number of carbonyl (C=O) groups is 5. The summed E-state index contributed by atoms with van der Waals surface area (Å²) in [5, 5.41) is 9.18. The maximum Gasteiger partial charge on any atom is 0.293 e. The van der Waals surface area contributed by atoms with Crippen LogP contribution in [0.2, 0.25) is 5.02 Å². The van der Waals surface area contributed by atoms with Crippen LogP contribution >= 0.6 is 11.6 Å². The quantitative estimate of drug-likeness (QED) is 0.187. The number of rotatable bonds is 11. The first-order valence-corrected chi connectivity index (χ1v) is 20.7. The highest BCUT2D eigenvalue weighted by Gasteiger charge is 2.52. The molecule has 4 fully saturated rings. The number of fused-ring (bicyclic) bond motifs is 2. The molecule has 18 heteroatoms. The predicted octanol–water partition coefficient (Wildman–Crippen LogP) is 2.77. The molecule has 5 aliphatic rings. The van der Waals surface area contributed by atoms with Gasteiger partial charge in [0.25, 0.3) is 23.3 Å². The summed E-state index contributed by atoms with van der Waals surface area (Å²) in [4.78, 5) is 92.6. The Labute approximate surface area is 350 Å². The van der Waals surface area contributed by atoms with E-state index in [1.165, 1.54) is 7.05 Å². The molecular weight excluding hydrogens is 792 g/mol. The summed E-state index contributed by atoms with van der Waals surface area (Å²) < 4.78 is 7.17. The van der Waals surface area contributed by atoms with Gasteiger partial charge in [0, 0.05) is 88.0 Å².